The van der Waals surface area contributed by atoms with Crippen molar-refractivity contribution in [3.63, 3.8) is 0 Å². The Morgan fingerprint density at radius 3 is 2.32 bits per heavy atom. The molecule has 1 aliphatic heterocycles. The maximum Gasteiger partial charge on any atom is 0.410 e. The topological polar surface area (TPSA) is 41.6 Å². The second-order valence-corrected chi connectivity index (χ2v) is 7.42. The van der Waals surface area contributed by atoms with Crippen LogP contribution in [-0.2, 0) is 4.74 Å². The lowest BCUT2D eigenvalue weighted by Crippen LogP contribution is -2.49. The van der Waals surface area contributed by atoms with Crippen LogP contribution in [0.5, 0.6) is 0 Å². The number of nitrogens with one attached hydrogen (secondary N) is 1. The zero-order chi connectivity index (χ0) is 17.9. The van der Waals surface area contributed by atoms with Crippen LogP contribution in [0, 0.1) is 0 Å². The number of piperazine rings is 1. The maximum absolute atomic E-state index is 12.3. The van der Waals surface area contributed by atoms with Gasteiger partial charge in [-0.05, 0) is 37.5 Å². The second kappa shape index (κ2) is 7.28. The molecule has 1 fully saturated rings. The van der Waals surface area contributed by atoms with Gasteiger partial charge in [0.05, 0.1) is 6.04 Å². The van der Waals surface area contributed by atoms with Gasteiger partial charge in [-0.25, -0.2) is 4.79 Å². The number of hydrogen-bond acceptors (Lipinski definition) is 3. The van der Waals surface area contributed by atoms with Crippen molar-refractivity contribution in [1.29, 1.82) is 0 Å². The van der Waals surface area contributed by atoms with Gasteiger partial charge >= 0.3 is 6.09 Å². The predicted molar refractivity (Wildman–Crippen MR) is 100 cm³/mol. The molecule has 0 radical (unpaired) electrons. The summed E-state index contributed by atoms with van der Waals surface area (Å²) in [6.07, 6.45) is -0.236. The van der Waals surface area contributed by atoms with Gasteiger partial charge in [0.25, 0.3) is 0 Å². The Morgan fingerprint density at radius 2 is 1.68 bits per heavy atom. The summed E-state index contributed by atoms with van der Waals surface area (Å²) in [5.41, 5.74) is 3.13. The molecule has 1 unspecified atom stereocenters. The van der Waals surface area contributed by atoms with E-state index in [-0.39, 0.29) is 12.1 Å². The zero-order valence-electron chi connectivity index (χ0n) is 15.2. The summed E-state index contributed by atoms with van der Waals surface area (Å²) < 4.78 is 5.50. The van der Waals surface area contributed by atoms with E-state index in [1.807, 2.05) is 39.0 Å². The minimum absolute atomic E-state index is 0.131. The molecule has 0 saturated carbocycles. The first-order valence-electron chi connectivity index (χ1n) is 8.79. The fourth-order valence-electron chi connectivity index (χ4n) is 3.00. The molecule has 25 heavy (non-hydrogen) atoms. The predicted octanol–water partition coefficient (Wildman–Crippen LogP) is 4.24. The molecule has 4 nitrogen and oxygen atoms in total. The highest BCUT2D eigenvalue weighted by Crippen LogP contribution is 2.24. The van der Waals surface area contributed by atoms with Crippen LogP contribution < -0.4 is 5.32 Å². The lowest BCUT2D eigenvalue weighted by Gasteiger charge is -2.35. The van der Waals surface area contributed by atoms with Crippen LogP contribution in [0.2, 0.25) is 0 Å². The Hall–Kier alpha value is -2.33. The third kappa shape index (κ3) is 4.60. The van der Waals surface area contributed by atoms with Crippen molar-refractivity contribution in [2.24, 2.45) is 0 Å². The molecule has 132 valence electrons. The van der Waals surface area contributed by atoms with Crippen molar-refractivity contribution in [1.82, 2.24) is 10.2 Å². The molecule has 0 aliphatic carbocycles. The molecule has 1 atom stereocenters. The molecule has 1 aliphatic rings. The van der Waals surface area contributed by atoms with E-state index in [2.05, 4.69) is 41.7 Å². The monoisotopic (exact) mass is 338 g/mol. The number of ether oxygens (including phenoxy) is 1. The van der Waals surface area contributed by atoms with Crippen LogP contribution >= 0.6 is 0 Å². The Morgan fingerprint density at radius 1 is 1.04 bits per heavy atom. The smallest absolute Gasteiger partial charge is 0.410 e. The first kappa shape index (κ1) is 17.5. The van der Waals surface area contributed by atoms with Crippen molar-refractivity contribution >= 4 is 6.09 Å². The molecule has 4 heteroatoms. The summed E-state index contributed by atoms with van der Waals surface area (Å²) in [4.78, 5) is 14.1. The summed E-state index contributed by atoms with van der Waals surface area (Å²) >= 11 is 0. The highest BCUT2D eigenvalue weighted by molar-refractivity contribution is 5.68. The minimum Gasteiger partial charge on any atom is -0.444 e. The second-order valence-electron chi connectivity index (χ2n) is 7.42. The molecule has 0 spiro atoms. The number of rotatable bonds is 2. The molecule has 0 bridgehead atoms. The van der Waals surface area contributed by atoms with Gasteiger partial charge in [0.2, 0.25) is 0 Å². The summed E-state index contributed by atoms with van der Waals surface area (Å²) in [6.45, 7) is 7.75. The Kier molecular flexibility index (Phi) is 5.09. The van der Waals surface area contributed by atoms with Crippen LogP contribution in [0.4, 0.5) is 4.79 Å². The van der Waals surface area contributed by atoms with Crippen molar-refractivity contribution in [2.45, 2.75) is 32.4 Å². The van der Waals surface area contributed by atoms with E-state index in [0.29, 0.717) is 13.1 Å². The van der Waals surface area contributed by atoms with E-state index < -0.39 is 5.60 Å². The van der Waals surface area contributed by atoms with E-state index in [0.717, 1.165) is 6.54 Å². The molecule has 1 N–H and O–H groups in total. The molecule has 1 saturated heterocycles. The number of hydrogen-bond donors (Lipinski definition) is 1. The first-order valence-corrected chi connectivity index (χ1v) is 8.79. The van der Waals surface area contributed by atoms with Gasteiger partial charge in [-0.1, -0.05) is 54.6 Å². The molecule has 1 amide bonds. The number of carbonyl (C=O) groups is 1. The summed E-state index contributed by atoms with van der Waals surface area (Å²) in [5, 5.41) is 3.49. The molecule has 0 aromatic heterocycles. The van der Waals surface area contributed by atoms with E-state index in [1.165, 1.54) is 16.7 Å². The van der Waals surface area contributed by atoms with Crippen molar-refractivity contribution < 1.29 is 9.53 Å². The van der Waals surface area contributed by atoms with Crippen LogP contribution in [0.3, 0.4) is 0 Å². The molecular weight excluding hydrogens is 312 g/mol. The van der Waals surface area contributed by atoms with Gasteiger partial charge < -0.3 is 15.0 Å². The normalized spacial score (nSPS) is 18.0. The number of benzene rings is 2. The van der Waals surface area contributed by atoms with Crippen LogP contribution in [0.25, 0.3) is 11.1 Å². The van der Waals surface area contributed by atoms with Gasteiger partial charge in [-0.15, -0.1) is 0 Å². The van der Waals surface area contributed by atoms with E-state index in [1.54, 1.807) is 4.90 Å². The van der Waals surface area contributed by atoms with Crippen LogP contribution in [0.1, 0.15) is 32.4 Å². The van der Waals surface area contributed by atoms with Crippen molar-refractivity contribution in [2.75, 3.05) is 19.6 Å². The SMILES string of the molecule is CC(C)(C)OC(=O)N1CCNC(c2ccc(-c3ccccc3)cc2)C1. The molecular formula is C21H26N2O2. The molecule has 1 heterocycles. The standard InChI is InChI=1S/C21H26N2O2/c1-21(2,3)25-20(24)23-14-13-22-19(15-23)18-11-9-17(10-12-18)16-7-5-4-6-8-16/h4-12,19,22H,13-15H2,1-3H3. The van der Waals surface area contributed by atoms with Gasteiger partial charge in [0, 0.05) is 19.6 Å². The third-order valence-corrected chi connectivity index (χ3v) is 4.25. The minimum atomic E-state index is -0.464. The first-order chi connectivity index (χ1) is 11.9. The number of amides is 1. The zero-order valence-corrected chi connectivity index (χ0v) is 15.2. The average Bonchev–Trinajstić information content (AvgIpc) is 2.61. The van der Waals surface area contributed by atoms with E-state index in [9.17, 15) is 4.79 Å². The summed E-state index contributed by atoms with van der Waals surface area (Å²) in [7, 11) is 0. The Balaban J connectivity index is 1.68. The fourth-order valence-corrected chi connectivity index (χ4v) is 3.00. The molecule has 2 aromatic rings. The Bertz CT molecular complexity index is 705. The largest absolute Gasteiger partial charge is 0.444 e. The molecule has 3 rings (SSSR count). The fraction of sp³-hybridized carbons (Fsp3) is 0.381. The van der Waals surface area contributed by atoms with E-state index in [4.69, 9.17) is 4.74 Å². The Labute approximate surface area is 149 Å². The van der Waals surface area contributed by atoms with Crippen molar-refractivity contribution in [3.05, 3.63) is 60.2 Å². The maximum atomic E-state index is 12.3. The van der Waals surface area contributed by atoms with Gasteiger partial charge in [0.15, 0.2) is 0 Å². The van der Waals surface area contributed by atoms with Gasteiger partial charge in [-0.2, -0.15) is 0 Å². The molecule has 2 aromatic carbocycles. The highest BCUT2D eigenvalue weighted by Gasteiger charge is 2.27. The lowest BCUT2D eigenvalue weighted by molar-refractivity contribution is 0.0195. The average molecular weight is 338 g/mol. The number of carbonyl (C=O) groups excluding carboxylic acids is 1. The van der Waals surface area contributed by atoms with Crippen LogP contribution in [0.15, 0.2) is 54.6 Å². The van der Waals surface area contributed by atoms with E-state index >= 15 is 0 Å². The number of nitrogens with zero attached hydrogens (tertiary/aromatic N) is 1. The third-order valence-electron chi connectivity index (χ3n) is 4.25. The summed E-state index contributed by atoms with van der Waals surface area (Å²) in [5.74, 6) is 0. The van der Waals surface area contributed by atoms with Gasteiger partial charge in [-0.3, -0.25) is 0 Å². The summed E-state index contributed by atoms with van der Waals surface area (Å²) in [6, 6.07) is 19.0. The van der Waals surface area contributed by atoms with Crippen molar-refractivity contribution in [3.8, 4) is 11.1 Å². The lowest BCUT2D eigenvalue weighted by atomic mass is 9.99. The quantitative estimate of drug-likeness (QED) is 0.891. The van der Waals surface area contributed by atoms with Crippen LogP contribution in [-0.4, -0.2) is 36.2 Å². The van der Waals surface area contributed by atoms with Gasteiger partial charge in [0.1, 0.15) is 5.60 Å². The highest BCUT2D eigenvalue weighted by atomic mass is 16.6.